The number of rotatable bonds is 6. The number of benzene rings is 2. The quantitative estimate of drug-likeness (QED) is 0.387. The van der Waals surface area contributed by atoms with Crippen molar-refractivity contribution in [3.05, 3.63) is 87.3 Å². The third kappa shape index (κ3) is 5.82. The Labute approximate surface area is 234 Å². The first-order valence-electron chi connectivity index (χ1n) is 13.3. The van der Waals surface area contributed by atoms with Gasteiger partial charge in [-0.3, -0.25) is 9.79 Å². The number of piperidine rings is 1. The zero-order valence-electron chi connectivity index (χ0n) is 22.6. The van der Waals surface area contributed by atoms with Crippen LogP contribution in [0, 0.1) is 6.92 Å². The van der Waals surface area contributed by atoms with Crippen molar-refractivity contribution in [2.45, 2.75) is 38.6 Å². The van der Waals surface area contributed by atoms with Crippen molar-refractivity contribution in [2.75, 3.05) is 32.5 Å². The topological polar surface area (TPSA) is 109 Å². The molecule has 1 saturated heterocycles. The van der Waals surface area contributed by atoms with Gasteiger partial charge < -0.3 is 21.3 Å². The average molecular weight is 544 g/mol. The molecule has 2 aromatic carbocycles. The molecule has 0 spiro atoms. The summed E-state index contributed by atoms with van der Waals surface area (Å²) in [5.41, 5.74) is 14.0. The number of halogens is 1. The molecule has 8 nitrogen and oxygen atoms in total. The van der Waals surface area contributed by atoms with Gasteiger partial charge in [0.2, 0.25) is 5.95 Å². The first kappa shape index (κ1) is 26.8. The summed E-state index contributed by atoms with van der Waals surface area (Å²) in [4.78, 5) is 29.1. The number of carbonyl (C=O) groups is 1. The number of fused-ring (bicyclic) bond motifs is 1. The summed E-state index contributed by atoms with van der Waals surface area (Å²) in [5, 5.41) is 6.77. The minimum Gasteiger partial charge on any atom is -0.401 e. The van der Waals surface area contributed by atoms with Crippen molar-refractivity contribution in [2.24, 2.45) is 10.7 Å². The maximum Gasteiger partial charge on any atom is 0.251 e. The first-order valence-corrected chi connectivity index (χ1v) is 13.7. The van der Waals surface area contributed by atoms with E-state index in [1.54, 1.807) is 25.2 Å². The van der Waals surface area contributed by atoms with Crippen LogP contribution in [-0.4, -0.2) is 59.7 Å². The maximum atomic E-state index is 12.8. The first-order chi connectivity index (χ1) is 18.8. The highest BCUT2D eigenvalue weighted by Crippen LogP contribution is 2.33. The average Bonchev–Trinajstić information content (AvgIpc) is 2.93. The molecule has 1 aliphatic carbocycles. The summed E-state index contributed by atoms with van der Waals surface area (Å²) in [6.45, 7) is 4.02. The molecular weight excluding hydrogens is 510 g/mol. The van der Waals surface area contributed by atoms with Gasteiger partial charge in [0.15, 0.2) is 0 Å². The fraction of sp³-hybridized carbons (Fsp3) is 0.333. The molecule has 39 heavy (non-hydrogen) atoms. The Morgan fingerprint density at radius 3 is 2.64 bits per heavy atom. The van der Waals surface area contributed by atoms with Crippen LogP contribution in [-0.2, 0) is 6.42 Å². The van der Waals surface area contributed by atoms with Gasteiger partial charge in [-0.2, -0.15) is 0 Å². The number of nitrogens with one attached hydrogen (secondary N) is 2. The van der Waals surface area contributed by atoms with E-state index in [0.29, 0.717) is 22.2 Å². The molecule has 1 amide bonds. The van der Waals surface area contributed by atoms with Crippen LogP contribution in [0.15, 0.2) is 59.4 Å². The standard InChI is InChI=1S/C30H34ClN7O/c1-18-6-4-5-7-22(18)28(33-2)26-24(32)10-8-20-17-34-30(37-27(20)26)36-25-11-9-19(16-23(25)31)29(39)35-21-12-14-38(3)15-13-21/h4-7,9,11,16-17,21H,8,10,12-15,32H2,1-3H3,(H,35,39)(H,34,36,37). The number of aliphatic imine (C=N–C) groups is 1. The number of hydrogen-bond acceptors (Lipinski definition) is 7. The molecule has 0 atom stereocenters. The molecule has 202 valence electrons. The maximum absolute atomic E-state index is 12.8. The number of aryl methyl sites for hydroxylation is 2. The lowest BCUT2D eigenvalue weighted by Gasteiger charge is -2.29. The van der Waals surface area contributed by atoms with E-state index in [1.807, 2.05) is 18.3 Å². The summed E-state index contributed by atoms with van der Waals surface area (Å²) in [6, 6.07) is 13.5. The summed E-state index contributed by atoms with van der Waals surface area (Å²) in [7, 11) is 3.88. The summed E-state index contributed by atoms with van der Waals surface area (Å²) < 4.78 is 0. The zero-order valence-corrected chi connectivity index (χ0v) is 23.3. The molecule has 1 aliphatic heterocycles. The number of amides is 1. The molecule has 0 unspecified atom stereocenters. The highest BCUT2D eigenvalue weighted by molar-refractivity contribution is 6.34. The van der Waals surface area contributed by atoms with Gasteiger partial charge in [0.25, 0.3) is 5.91 Å². The largest absolute Gasteiger partial charge is 0.401 e. The SMILES string of the molecule is CN=C(C1=C(N)CCc2cnc(Nc3ccc(C(=O)NC4CCN(C)CC4)cc3Cl)nc21)c1ccccc1C. The Morgan fingerprint density at radius 2 is 1.92 bits per heavy atom. The van der Waals surface area contributed by atoms with E-state index in [9.17, 15) is 4.79 Å². The van der Waals surface area contributed by atoms with Gasteiger partial charge in [0.05, 0.1) is 22.1 Å². The van der Waals surface area contributed by atoms with Gasteiger partial charge in [0, 0.05) is 41.7 Å². The van der Waals surface area contributed by atoms with Crippen molar-refractivity contribution in [3.63, 3.8) is 0 Å². The summed E-state index contributed by atoms with van der Waals surface area (Å²) >= 11 is 6.60. The molecule has 2 aliphatic rings. The van der Waals surface area contributed by atoms with E-state index < -0.39 is 0 Å². The lowest BCUT2D eigenvalue weighted by molar-refractivity contribution is 0.0917. The lowest BCUT2D eigenvalue weighted by Crippen LogP contribution is -2.43. The van der Waals surface area contributed by atoms with Crippen LogP contribution in [0.1, 0.15) is 52.0 Å². The predicted molar refractivity (Wildman–Crippen MR) is 158 cm³/mol. The minimum absolute atomic E-state index is 0.115. The number of allylic oxidation sites excluding steroid dienone is 2. The Balaban J connectivity index is 1.38. The lowest BCUT2D eigenvalue weighted by atomic mass is 9.87. The Bertz CT molecular complexity index is 1460. The van der Waals surface area contributed by atoms with E-state index >= 15 is 0 Å². The van der Waals surface area contributed by atoms with E-state index in [2.05, 4.69) is 51.6 Å². The molecule has 1 fully saturated rings. The molecule has 4 N–H and O–H groups in total. The van der Waals surface area contributed by atoms with Gasteiger partial charge in [-0.25, -0.2) is 9.97 Å². The smallest absolute Gasteiger partial charge is 0.251 e. The number of hydrogen-bond donors (Lipinski definition) is 3. The van der Waals surface area contributed by atoms with E-state index in [0.717, 1.165) is 78.1 Å². The van der Waals surface area contributed by atoms with Crippen LogP contribution in [0.25, 0.3) is 5.57 Å². The molecule has 1 aromatic heterocycles. The van der Waals surface area contributed by atoms with Crippen LogP contribution < -0.4 is 16.4 Å². The van der Waals surface area contributed by atoms with E-state index in [-0.39, 0.29) is 11.9 Å². The number of carbonyl (C=O) groups excluding carboxylic acids is 1. The van der Waals surface area contributed by atoms with Crippen LogP contribution >= 0.6 is 11.6 Å². The van der Waals surface area contributed by atoms with Crippen molar-refractivity contribution in [1.29, 1.82) is 0 Å². The van der Waals surface area contributed by atoms with Gasteiger partial charge in [-0.05, 0) is 82.1 Å². The Kier molecular flexibility index (Phi) is 7.95. The van der Waals surface area contributed by atoms with Gasteiger partial charge in [-0.15, -0.1) is 0 Å². The molecule has 3 aromatic rings. The second-order valence-electron chi connectivity index (χ2n) is 10.2. The van der Waals surface area contributed by atoms with Crippen molar-refractivity contribution in [3.8, 4) is 0 Å². The monoisotopic (exact) mass is 543 g/mol. The van der Waals surface area contributed by atoms with Crippen LogP contribution in [0.2, 0.25) is 5.02 Å². The highest BCUT2D eigenvalue weighted by atomic mass is 35.5. The van der Waals surface area contributed by atoms with E-state index in [1.165, 1.54) is 0 Å². The number of anilines is 2. The summed E-state index contributed by atoms with van der Waals surface area (Å²) in [6.07, 6.45) is 5.20. The number of likely N-dealkylation sites (tertiary alicyclic amines) is 1. The molecule has 0 saturated carbocycles. The molecular formula is C30H34ClN7O. The van der Waals surface area contributed by atoms with Gasteiger partial charge in [0.1, 0.15) is 0 Å². The Morgan fingerprint density at radius 1 is 1.15 bits per heavy atom. The minimum atomic E-state index is -0.115. The van der Waals surface area contributed by atoms with Crippen LogP contribution in [0.5, 0.6) is 0 Å². The van der Waals surface area contributed by atoms with Crippen molar-refractivity contribution < 1.29 is 4.79 Å². The fourth-order valence-corrected chi connectivity index (χ4v) is 5.41. The normalized spacial score (nSPS) is 16.7. The zero-order chi connectivity index (χ0) is 27.5. The third-order valence-electron chi connectivity index (χ3n) is 7.48. The second kappa shape index (κ2) is 11.6. The molecule has 2 heterocycles. The third-order valence-corrected chi connectivity index (χ3v) is 7.79. The second-order valence-corrected chi connectivity index (χ2v) is 10.6. The van der Waals surface area contributed by atoms with E-state index in [4.69, 9.17) is 22.3 Å². The van der Waals surface area contributed by atoms with Crippen molar-refractivity contribution >= 4 is 40.4 Å². The molecule has 9 heteroatoms. The van der Waals surface area contributed by atoms with Crippen molar-refractivity contribution in [1.82, 2.24) is 20.2 Å². The van der Waals surface area contributed by atoms with Crippen LogP contribution in [0.3, 0.4) is 0 Å². The number of nitrogens with two attached hydrogens (primary N) is 1. The fourth-order valence-electron chi connectivity index (χ4n) is 5.18. The van der Waals surface area contributed by atoms with Gasteiger partial charge in [-0.1, -0.05) is 35.9 Å². The molecule has 0 bridgehead atoms. The number of nitrogens with zero attached hydrogens (tertiary/aromatic N) is 4. The predicted octanol–water partition coefficient (Wildman–Crippen LogP) is 4.74. The number of aromatic nitrogens is 2. The molecule has 0 radical (unpaired) electrons. The van der Waals surface area contributed by atoms with Crippen LogP contribution in [0.4, 0.5) is 11.6 Å². The van der Waals surface area contributed by atoms with Gasteiger partial charge >= 0.3 is 0 Å². The molecule has 5 rings (SSSR count). The Hall–Kier alpha value is -3.75. The highest BCUT2D eigenvalue weighted by Gasteiger charge is 2.26. The summed E-state index contributed by atoms with van der Waals surface area (Å²) in [5.74, 6) is 0.280.